The van der Waals surface area contributed by atoms with Crippen LogP contribution in [0.25, 0.3) is 0 Å². The molecular weight excluding hydrogens is 270 g/mol. The molecule has 4 aliphatic carbocycles. The third-order valence-electron chi connectivity index (χ3n) is 6.66. The Morgan fingerprint density at radius 2 is 1.77 bits per heavy atom. The third-order valence-corrected chi connectivity index (χ3v) is 6.66. The van der Waals surface area contributed by atoms with Crippen molar-refractivity contribution in [1.29, 1.82) is 0 Å². The summed E-state index contributed by atoms with van der Waals surface area (Å²) < 4.78 is 0. The number of hydrogen-bond donors (Lipinski definition) is 1. The van der Waals surface area contributed by atoms with Crippen molar-refractivity contribution in [3.8, 4) is 0 Å². The number of carbonyl (C=O) groups is 1. The summed E-state index contributed by atoms with van der Waals surface area (Å²) in [6.45, 7) is 2.16. The van der Waals surface area contributed by atoms with E-state index >= 15 is 0 Å². The fourth-order valence-corrected chi connectivity index (χ4v) is 6.33. The van der Waals surface area contributed by atoms with Crippen LogP contribution in [-0.4, -0.2) is 13.0 Å². The van der Waals surface area contributed by atoms with Gasteiger partial charge in [-0.25, -0.2) is 0 Å². The van der Waals surface area contributed by atoms with Crippen LogP contribution >= 0.6 is 0 Å². The number of amides is 1. The lowest BCUT2D eigenvalue weighted by Gasteiger charge is -2.62. The van der Waals surface area contributed by atoms with E-state index in [0.717, 1.165) is 18.3 Å². The predicted octanol–water partition coefficient (Wildman–Crippen LogP) is 3.97. The monoisotopic (exact) mass is 297 g/mol. The van der Waals surface area contributed by atoms with Crippen LogP contribution < -0.4 is 5.32 Å². The van der Waals surface area contributed by atoms with E-state index in [1.54, 1.807) is 7.05 Å². The number of aryl methyl sites for hydroxylation is 1. The molecule has 0 unspecified atom stereocenters. The lowest BCUT2D eigenvalue weighted by Crippen LogP contribution is -2.55. The fraction of sp³-hybridized carbons (Fsp3) is 0.650. The highest BCUT2D eigenvalue weighted by Crippen LogP contribution is 2.66. The second-order valence-electron chi connectivity index (χ2n) is 8.46. The minimum atomic E-state index is 0.237. The first-order chi connectivity index (χ1) is 10.5. The van der Waals surface area contributed by atoms with Crippen LogP contribution in [0.5, 0.6) is 0 Å². The van der Waals surface area contributed by atoms with Crippen LogP contribution in [0.3, 0.4) is 0 Å². The lowest BCUT2D eigenvalue weighted by molar-refractivity contribution is -0.130. The minimum Gasteiger partial charge on any atom is -0.359 e. The maximum absolute atomic E-state index is 12.1. The molecule has 4 saturated carbocycles. The van der Waals surface area contributed by atoms with E-state index in [1.165, 1.54) is 49.7 Å². The van der Waals surface area contributed by atoms with Gasteiger partial charge in [0, 0.05) is 13.5 Å². The van der Waals surface area contributed by atoms with E-state index in [2.05, 4.69) is 36.5 Å². The highest BCUT2D eigenvalue weighted by atomic mass is 16.1. The normalized spacial score (nSPS) is 39.0. The van der Waals surface area contributed by atoms with Crippen LogP contribution in [0.4, 0.5) is 0 Å². The van der Waals surface area contributed by atoms with Gasteiger partial charge in [-0.15, -0.1) is 0 Å². The molecule has 4 bridgehead atoms. The highest BCUT2D eigenvalue weighted by molar-refractivity contribution is 5.76. The summed E-state index contributed by atoms with van der Waals surface area (Å²) in [7, 11) is 1.78. The van der Waals surface area contributed by atoms with Gasteiger partial charge in [0.25, 0.3) is 0 Å². The smallest absolute Gasteiger partial charge is 0.220 e. The highest BCUT2D eigenvalue weighted by Gasteiger charge is 2.58. The van der Waals surface area contributed by atoms with Gasteiger partial charge in [0.1, 0.15) is 0 Å². The van der Waals surface area contributed by atoms with Crippen molar-refractivity contribution in [3.63, 3.8) is 0 Å². The van der Waals surface area contributed by atoms with Crippen molar-refractivity contribution in [3.05, 3.63) is 35.4 Å². The van der Waals surface area contributed by atoms with Gasteiger partial charge in [-0.1, -0.05) is 29.8 Å². The Morgan fingerprint density at radius 3 is 2.36 bits per heavy atom. The van der Waals surface area contributed by atoms with Crippen molar-refractivity contribution in [2.45, 2.75) is 57.3 Å². The van der Waals surface area contributed by atoms with Crippen molar-refractivity contribution in [2.75, 3.05) is 7.05 Å². The molecule has 0 saturated heterocycles. The zero-order chi connectivity index (χ0) is 15.4. The SMILES string of the molecule is CNC(=O)CC12C[C@H]3C[C@H](C1)CC(c1ccc(C)cc1)(C3)C2. The molecule has 2 atom stereocenters. The number of carbonyl (C=O) groups excluding carboxylic acids is 1. The quantitative estimate of drug-likeness (QED) is 0.898. The van der Waals surface area contributed by atoms with Crippen LogP contribution in [0, 0.1) is 24.2 Å². The molecule has 1 aromatic carbocycles. The molecule has 0 aliphatic heterocycles. The van der Waals surface area contributed by atoms with E-state index < -0.39 is 0 Å². The van der Waals surface area contributed by atoms with Crippen molar-refractivity contribution in [1.82, 2.24) is 5.32 Å². The number of nitrogens with one attached hydrogen (secondary N) is 1. The van der Waals surface area contributed by atoms with Gasteiger partial charge in [0.15, 0.2) is 0 Å². The standard InChI is InChI=1S/C20H27NO/c1-14-3-5-17(6-4-14)20-10-15-7-16(11-20)9-19(8-15,13-20)12-18(22)21-2/h3-6,15-16H,7-13H2,1-2H3,(H,21,22)/t15-,16-,19?,20?/m1/s1. The van der Waals surface area contributed by atoms with Gasteiger partial charge in [-0.2, -0.15) is 0 Å². The van der Waals surface area contributed by atoms with E-state index in [0.29, 0.717) is 5.41 Å². The van der Waals surface area contributed by atoms with E-state index in [9.17, 15) is 4.79 Å². The molecule has 118 valence electrons. The average Bonchev–Trinajstić information content (AvgIpc) is 2.45. The molecule has 4 aliphatic rings. The lowest BCUT2D eigenvalue weighted by atomic mass is 9.42. The second kappa shape index (κ2) is 4.84. The van der Waals surface area contributed by atoms with Crippen LogP contribution in [0.1, 0.15) is 56.1 Å². The van der Waals surface area contributed by atoms with Gasteiger partial charge < -0.3 is 5.32 Å². The zero-order valence-electron chi connectivity index (χ0n) is 13.8. The summed E-state index contributed by atoms with van der Waals surface area (Å²) in [5, 5.41) is 2.86. The second-order valence-corrected chi connectivity index (χ2v) is 8.46. The fourth-order valence-electron chi connectivity index (χ4n) is 6.33. The number of benzene rings is 1. The number of rotatable bonds is 3. The Hall–Kier alpha value is -1.31. The molecule has 1 aromatic rings. The van der Waals surface area contributed by atoms with Crippen LogP contribution in [0.2, 0.25) is 0 Å². The largest absolute Gasteiger partial charge is 0.359 e. The molecule has 22 heavy (non-hydrogen) atoms. The Bertz CT molecular complexity index is 574. The van der Waals surface area contributed by atoms with Gasteiger partial charge in [0.2, 0.25) is 5.91 Å². The van der Waals surface area contributed by atoms with E-state index in [1.807, 2.05) is 0 Å². The molecule has 0 heterocycles. The van der Waals surface area contributed by atoms with Crippen LogP contribution in [0.15, 0.2) is 24.3 Å². The van der Waals surface area contributed by atoms with Crippen molar-refractivity contribution in [2.24, 2.45) is 17.3 Å². The Kier molecular flexibility index (Phi) is 3.15. The van der Waals surface area contributed by atoms with E-state index in [4.69, 9.17) is 0 Å². The molecule has 1 amide bonds. The topological polar surface area (TPSA) is 29.1 Å². The summed E-state index contributed by atoms with van der Waals surface area (Å²) >= 11 is 0. The molecule has 0 spiro atoms. The first kappa shape index (κ1) is 14.3. The first-order valence-electron chi connectivity index (χ1n) is 8.80. The van der Waals surface area contributed by atoms with Gasteiger partial charge >= 0.3 is 0 Å². The molecular formula is C20H27NO. The van der Waals surface area contributed by atoms with E-state index in [-0.39, 0.29) is 11.3 Å². The first-order valence-corrected chi connectivity index (χ1v) is 8.80. The summed E-state index contributed by atoms with van der Waals surface area (Å²) in [6.07, 6.45) is 8.63. The average molecular weight is 297 g/mol. The predicted molar refractivity (Wildman–Crippen MR) is 88.7 cm³/mol. The van der Waals surface area contributed by atoms with Crippen molar-refractivity contribution < 1.29 is 4.79 Å². The zero-order valence-corrected chi connectivity index (χ0v) is 13.8. The van der Waals surface area contributed by atoms with Crippen LogP contribution in [-0.2, 0) is 10.2 Å². The summed E-state index contributed by atoms with van der Waals surface area (Å²) in [6, 6.07) is 9.24. The summed E-state index contributed by atoms with van der Waals surface area (Å²) in [5.74, 6) is 1.92. The van der Waals surface area contributed by atoms with Crippen molar-refractivity contribution >= 4 is 5.91 Å². The Balaban J connectivity index is 1.69. The molecule has 4 fully saturated rings. The van der Waals surface area contributed by atoms with Gasteiger partial charge in [0.05, 0.1) is 0 Å². The maximum atomic E-state index is 12.1. The minimum absolute atomic E-state index is 0.237. The molecule has 0 aromatic heterocycles. The molecule has 1 N–H and O–H groups in total. The summed E-state index contributed by atoms with van der Waals surface area (Å²) in [4.78, 5) is 12.1. The van der Waals surface area contributed by atoms with Gasteiger partial charge in [-0.3, -0.25) is 4.79 Å². The summed E-state index contributed by atoms with van der Waals surface area (Å²) in [5.41, 5.74) is 3.50. The molecule has 5 rings (SSSR count). The third kappa shape index (κ3) is 2.19. The molecule has 2 nitrogen and oxygen atoms in total. The molecule has 0 radical (unpaired) electrons. The Morgan fingerprint density at radius 1 is 1.14 bits per heavy atom. The Labute approximate surface area is 133 Å². The molecule has 2 heteroatoms. The van der Waals surface area contributed by atoms with Gasteiger partial charge in [-0.05, 0) is 73.7 Å². The number of hydrogen-bond acceptors (Lipinski definition) is 1. The maximum Gasteiger partial charge on any atom is 0.220 e.